The number of hydrogen-bond donors (Lipinski definition) is 1. The second kappa shape index (κ2) is 11.6. The highest BCUT2D eigenvalue weighted by Crippen LogP contribution is 2.32. The second-order valence-electron chi connectivity index (χ2n) is 9.15. The van der Waals surface area contributed by atoms with Crippen LogP contribution in [0.5, 0.6) is 5.75 Å². The van der Waals surface area contributed by atoms with Crippen LogP contribution in [-0.4, -0.2) is 49.3 Å². The van der Waals surface area contributed by atoms with Crippen molar-refractivity contribution in [1.82, 2.24) is 9.62 Å². The van der Waals surface area contributed by atoms with Gasteiger partial charge in [-0.05, 0) is 56.7 Å². The van der Waals surface area contributed by atoms with E-state index in [0.29, 0.717) is 40.2 Å². The molecule has 0 unspecified atom stereocenters. The van der Waals surface area contributed by atoms with Gasteiger partial charge >= 0.3 is 0 Å². The minimum Gasteiger partial charge on any atom is -0.490 e. The molecule has 2 fully saturated rings. The molecule has 1 saturated carbocycles. The number of ether oxygens (including phenoxy) is 1. The van der Waals surface area contributed by atoms with Gasteiger partial charge in [-0.25, -0.2) is 13.1 Å². The van der Waals surface area contributed by atoms with E-state index in [4.69, 9.17) is 40.2 Å². The van der Waals surface area contributed by atoms with Gasteiger partial charge in [-0.3, -0.25) is 4.79 Å². The van der Waals surface area contributed by atoms with Crippen molar-refractivity contribution in [3.63, 3.8) is 0 Å². The summed E-state index contributed by atoms with van der Waals surface area (Å²) >= 11 is 20.6. The summed E-state index contributed by atoms with van der Waals surface area (Å²) in [5.74, 6) is -0.0150. The van der Waals surface area contributed by atoms with Crippen LogP contribution in [0.4, 0.5) is 0 Å². The van der Waals surface area contributed by atoms with E-state index in [1.807, 2.05) is 6.07 Å². The molecule has 6 nitrogen and oxygen atoms in total. The molecule has 0 atom stereocenters. The zero-order valence-electron chi connectivity index (χ0n) is 19.0. The van der Waals surface area contributed by atoms with Crippen LogP contribution in [0.15, 0.2) is 39.7 Å². The molecule has 190 valence electrons. The lowest BCUT2D eigenvalue weighted by molar-refractivity contribution is -0.124. The number of rotatable bonds is 6. The lowest BCUT2D eigenvalue weighted by Crippen LogP contribution is -2.47. The number of piperidine rings is 1. The van der Waals surface area contributed by atoms with Crippen molar-refractivity contribution in [3.8, 4) is 5.75 Å². The molecule has 1 heterocycles. The standard InChI is InChI=1S/C24H27BrCl2N2O4S2/c25-16-3-8-23(22(34)13-16)35(31,32)28-24(30)15-1-4-17(5-2-15)29-11-9-18(10-12-29)33-19-6-7-20(26)21(27)14-19/h3,6-8,14-15,17-18H,1-2,4-5,9-13H2,(H,28,30). The van der Waals surface area contributed by atoms with Crippen LogP contribution in [-0.2, 0) is 14.8 Å². The SMILES string of the molecule is O=C(NS(=O)(=O)C1=CC=C(Br)CC1=S)C1CCC(N2CCC(Oc3ccc(Cl)c(Cl)c3)CC2)CC1. The van der Waals surface area contributed by atoms with Crippen molar-refractivity contribution in [2.75, 3.05) is 13.1 Å². The Bertz CT molecular complexity index is 1160. The summed E-state index contributed by atoms with van der Waals surface area (Å²) in [5.41, 5.74) is 0. The van der Waals surface area contributed by atoms with Crippen LogP contribution in [0.1, 0.15) is 44.9 Å². The van der Waals surface area contributed by atoms with Crippen LogP contribution in [0.3, 0.4) is 0 Å². The number of thiocarbonyl (C=S) groups is 1. The fourth-order valence-corrected chi connectivity index (χ4v) is 7.47. The molecule has 0 spiro atoms. The molecular formula is C24H27BrCl2N2O4S2. The lowest BCUT2D eigenvalue weighted by Gasteiger charge is -2.40. The number of hydrogen-bond acceptors (Lipinski definition) is 6. The Hall–Kier alpha value is -0.970. The summed E-state index contributed by atoms with van der Waals surface area (Å²) in [6.45, 7) is 1.85. The van der Waals surface area contributed by atoms with E-state index in [2.05, 4.69) is 25.6 Å². The highest BCUT2D eigenvalue weighted by Gasteiger charge is 2.34. The third-order valence-corrected chi connectivity index (χ3v) is 10.0. The maximum absolute atomic E-state index is 12.7. The van der Waals surface area contributed by atoms with Gasteiger partial charge in [0.1, 0.15) is 16.8 Å². The molecule has 3 aliphatic rings. The first kappa shape index (κ1) is 27.1. The minimum absolute atomic E-state index is 0.00342. The number of likely N-dealkylation sites (tertiary alicyclic amines) is 1. The zero-order chi connectivity index (χ0) is 25.2. The van der Waals surface area contributed by atoms with E-state index < -0.39 is 15.9 Å². The number of halogens is 3. The predicted molar refractivity (Wildman–Crippen MR) is 147 cm³/mol. The molecule has 1 aromatic rings. The number of nitrogens with one attached hydrogen (secondary N) is 1. The molecule has 0 aromatic heterocycles. The monoisotopic (exact) mass is 620 g/mol. The van der Waals surface area contributed by atoms with E-state index in [9.17, 15) is 13.2 Å². The number of sulfonamides is 1. The quantitative estimate of drug-likeness (QED) is 0.406. The molecule has 11 heteroatoms. The van der Waals surface area contributed by atoms with Crippen LogP contribution in [0.25, 0.3) is 0 Å². The lowest BCUT2D eigenvalue weighted by atomic mass is 9.84. The predicted octanol–water partition coefficient (Wildman–Crippen LogP) is 5.78. The molecule has 1 aromatic carbocycles. The average molecular weight is 622 g/mol. The van der Waals surface area contributed by atoms with E-state index in [1.165, 1.54) is 6.08 Å². The van der Waals surface area contributed by atoms with Crippen molar-refractivity contribution in [3.05, 3.63) is 49.8 Å². The first-order chi connectivity index (χ1) is 16.6. The van der Waals surface area contributed by atoms with Gasteiger partial charge < -0.3 is 9.64 Å². The smallest absolute Gasteiger partial charge is 0.265 e. The number of nitrogens with zero attached hydrogens (tertiary/aromatic N) is 1. The molecule has 0 radical (unpaired) electrons. The van der Waals surface area contributed by atoms with Crippen molar-refractivity contribution in [2.24, 2.45) is 5.92 Å². The first-order valence-corrected chi connectivity index (χ1v) is 15.1. The van der Waals surface area contributed by atoms with Gasteiger partial charge in [0, 0.05) is 46.9 Å². The fourth-order valence-electron chi connectivity index (χ4n) is 4.87. The third-order valence-electron chi connectivity index (χ3n) is 6.80. The normalized spacial score (nSPS) is 24.5. The molecule has 4 rings (SSSR count). The van der Waals surface area contributed by atoms with Crippen molar-refractivity contribution in [2.45, 2.75) is 57.1 Å². The third kappa shape index (κ3) is 6.87. The van der Waals surface area contributed by atoms with Gasteiger partial charge in [0.05, 0.1) is 10.0 Å². The van der Waals surface area contributed by atoms with Crippen molar-refractivity contribution < 1.29 is 17.9 Å². The largest absolute Gasteiger partial charge is 0.490 e. The number of allylic oxidation sites excluding steroid dienone is 4. The highest BCUT2D eigenvalue weighted by molar-refractivity contribution is 9.11. The molecule has 0 bridgehead atoms. The number of benzene rings is 1. The summed E-state index contributed by atoms with van der Waals surface area (Å²) in [6.07, 6.45) is 8.47. The second-order valence-corrected chi connectivity index (χ2v) is 13.1. The summed E-state index contributed by atoms with van der Waals surface area (Å²) in [4.78, 5) is 15.5. The first-order valence-electron chi connectivity index (χ1n) is 11.6. The molecule has 2 aliphatic carbocycles. The summed E-state index contributed by atoms with van der Waals surface area (Å²) in [6, 6.07) is 5.72. The Labute approximate surface area is 230 Å². The van der Waals surface area contributed by atoms with E-state index >= 15 is 0 Å². The molecule has 1 aliphatic heterocycles. The molecule has 1 N–H and O–H groups in total. The molecule has 1 amide bonds. The van der Waals surface area contributed by atoms with Crippen LogP contribution in [0.2, 0.25) is 10.0 Å². The van der Waals surface area contributed by atoms with Gasteiger partial charge in [-0.1, -0.05) is 57.4 Å². The highest BCUT2D eigenvalue weighted by atomic mass is 79.9. The zero-order valence-corrected chi connectivity index (χ0v) is 23.7. The number of carbonyl (C=O) groups excluding carboxylic acids is 1. The van der Waals surface area contributed by atoms with Gasteiger partial charge in [0.25, 0.3) is 10.0 Å². The van der Waals surface area contributed by atoms with Gasteiger partial charge in [0.15, 0.2) is 0 Å². The maximum Gasteiger partial charge on any atom is 0.265 e. The van der Waals surface area contributed by atoms with Crippen LogP contribution >= 0.6 is 51.3 Å². The van der Waals surface area contributed by atoms with Gasteiger partial charge in [0.2, 0.25) is 5.91 Å². The Morgan fingerprint density at radius 3 is 2.37 bits per heavy atom. The fraction of sp³-hybridized carbons (Fsp3) is 0.500. The Morgan fingerprint density at radius 1 is 1.06 bits per heavy atom. The topological polar surface area (TPSA) is 75.7 Å². The molecular weight excluding hydrogens is 595 g/mol. The van der Waals surface area contributed by atoms with E-state index in [1.54, 1.807) is 18.2 Å². The summed E-state index contributed by atoms with van der Waals surface area (Å²) in [7, 11) is -3.96. The van der Waals surface area contributed by atoms with Crippen molar-refractivity contribution in [1.29, 1.82) is 0 Å². The molecule has 1 saturated heterocycles. The van der Waals surface area contributed by atoms with Crippen LogP contribution < -0.4 is 9.46 Å². The van der Waals surface area contributed by atoms with Crippen LogP contribution in [0, 0.1) is 5.92 Å². The number of amides is 1. The van der Waals surface area contributed by atoms with Gasteiger partial charge in [-0.15, -0.1) is 0 Å². The number of carbonyl (C=O) groups is 1. The minimum atomic E-state index is -3.96. The van der Waals surface area contributed by atoms with E-state index in [0.717, 1.165) is 49.0 Å². The Morgan fingerprint density at radius 2 is 1.74 bits per heavy atom. The van der Waals surface area contributed by atoms with Gasteiger partial charge in [-0.2, -0.15) is 0 Å². The van der Waals surface area contributed by atoms with Crippen molar-refractivity contribution >= 4 is 72.1 Å². The Kier molecular flexibility index (Phi) is 8.98. The average Bonchev–Trinajstić information content (AvgIpc) is 2.81. The Balaban J connectivity index is 1.23. The van der Waals surface area contributed by atoms with E-state index in [-0.39, 0.29) is 16.9 Å². The molecule has 35 heavy (non-hydrogen) atoms. The summed E-state index contributed by atoms with van der Waals surface area (Å²) in [5, 5.41) is 0.994. The summed E-state index contributed by atoms with van der Waals surface area (Å²) < 4.78 is 34.6. The maximum atomic E-state index is 12.7.